The maximum Gasteiger partial charge on any atom is 0.427 e. The zero-order chi connectivity index (χ0) is 15.4. The van der Waals surface area contributed by atoms with Gasteiger partial charge in [-0.1, -0.05) is 11.6 Å². The van der Waals surface area contributed by atoms with Crippen LogP contribution in [0.1, 0.15) is 23.6 Å². The molecule has 21 heavy (non-hydrogen) atoms. The van der Waals surface area contributed by atoms with Gasteiger partial charge < -0.3 is 9.72 Å². The summed E-state index contributed by atoms with van der Waals surface area (Å²) in [4.78, 5) is 25.9. The van der Waals surface area contributed by atoms with Crippen LogP contribution in [0.5, 0.6) is 0 Å². The summed E-state index contributed by atoms with van der Waals surface area (Å²) in [6.07, 6.45) is 0.644. The zero-order valence-corrected chi connectivity index (χ0v) is 12.2. The molecule has 2 rings (SSSR count). The molecule has 0 aliphatic heterocycles. The van der Waals surface area contributed by atoms with Crippen LogP contribution in [0.15, 0.2) is 28.1 Å². The summed E-state index contributed by atoms with van der Waals surface area (Å²) in [5.41, 5.74) is 5.22. The van der Waals surface area contributed by atoms with Crippen LogP contribution in [-0.4, -0.2) is 23.9 Å². The SMILES string of the molecule is CCOC(=O)N/N=C\c1cc2cc(C)cc(C)c2[nH]c1=O. The van der Waals surface area contributed by atoms with Crippen LogP contribution in [0.2, 0.25) is 0 Å². The maximum atomic E-state index is 12.0. The predicted molar refractivity (Wildman–Crippen MR) is 81.8 cm³/mol. The van der Waals surface area contributed by atoms with Crippen molar-refractivity contribution in [2.24, 2.45) is 5.10 Å². The summed E-state index contributed by atoms with van der Waals surface area (Å²) in [5.74, 6) is 0. The van der Waals surface area contributed by atoms with E-state index in [1.54, 1.807) is 13.0 Å². The van der Waals surface area contributed by atoms with Gasteiger partial charge in [0.15, 0.2) is 0 Å². The van der Waals surface area contributed by atoms with E-state index < -0.39 is 6.09 Å². The number of H-pyrrole nitrogens is 1. The number of carbonyl (C=O) groups excluding carboxylic acids is 1. The number of hydrogen-bond acceptors (Lipinski definition) is 4. The molecular formula is C15H17N3O3. The van der Waals surface area contributed by atoms with Gasteiger partial charge in [0.25, 0.3) is 5.56 Å². The summed E-state index contributed by atoms with van der Waals surface area (Å²) < 4.78 is 4.66. The van der Waals surface area contributed by atoms with Crippen molar-refractivity contribution >= 4 is 23.2 Å². The molecule has 0 unspecified atom stereocenters. The second-order valence-electron chi connectivity index (χ2n) is 4.69. The molecule has 0 saturated carbocycles. The molecule has 1 amide bonds. The number of pyridine rings is 1. The molecule has 110 valence electrons. The molecule has 6 nitrogen and oxygen atoms in total. The first-order valence-corrected chi connectivity index (χ1v) is 6.61. The summed E-state index contributed by atoms with van der Waals surface area (Å²) in [6.45, 7) is 5.90. The van der Waals surface area contributed by atoms with Crippen molar-refractivity contribution in [1.82, 2.24) is 10.4 Å². The number of carbonyl (C=O) groups is 1. The van der Waals surface area contributed by atoms with E-state index in [1.807, 2.05) is 26.0 Å². The van der Waals surface area contributed by atoms with Crippen molar-refractivity contribution in [3.63, 3.8) is 0 Å². The molecule has 2 N–H and O–H groups in total. The molecule has 1 aromatic heterocycles. The Morgan fingerprint density at radius 3 is 2.86 bits per heavy atom. The standard InChI is InChI=1S/C15H17N3O3/c1-4-21-15(20)18-16-8-12-7-11-6-9(2)5-10(3)13(11)17-14(12)19/h5-8H,4H2,1-3H3,(H,17,19)(H,18,20)/b16-8-. The van der Waals surface area contributed by atoms with Crippen LogP contribution in [0.4, 0.5) is 4.79 Å². The lowest BCUT2D eigenvalue weighted by Crippen LogP contribution is -2.20. The van der Waals surface area contributed by atoms with Crippen LogP contribution in [0.25, 0.3) is 10.9 Å². The number of hydrogen-bond donors (Lipinski definition) is 2. The lowest BCUT2D eigenvalue weighted by Gasteiger charge is -2.05. The number of nitrogens with one attached hydrogen (secondary N) is 2. The normalized spacial score (nSPS) is 11.0. The van der Waals surface area contributed by atoms with E-state index in [9.17, 15) is 9.59 Å². The molecule has 0 radical (unpaired) electrons. The number of nitrogens with zero attached hydrogens (tertiary/aromatic N) is 1. The first-order valence-electron chi connectivity index (χ1n) is 6.61. The molecule has 0 bridgehead atoms. The number of fused-ring (bicyclic) bond motifs is 1. The van der Waals surface area contributed by atoms with Gasteiger partial charge >= 0.3 is 6.09 Å². The zero-order valence-electron chi connectivity index (χ0n) is 12.2. The molecular weight excluding hydrogens is 270 g/mol. The van der Waals surface area contributed by atoms with Crippen LogP contribution < -0.4 is 11.0 Å². The van der Waals surface area contributed by atoms with Crippen molar-refractivity contribution in [3.05, 3.63) is 45.2 Å². The number of amides is 1. The number of hydrazone groups is 1. The first-order chi connectivity index (χ1) is 10.0. The van der Waals surface area contributed by atoms with Crippen molar-refractivity contribution in [3.8, 4) is 0 Å². The lowest BCUT2D eigenvalue weighted by molar-refractivity contribution is 0.152. The van der Waals surface area contributed by atoms with E-state index in [-0.39, 0.29) is 12.2 Å². The lowest BCUT2D eigenvalue weighted by atomic mass is 10.1. The van der Waals surface area contributed by atoms with Crippen LogP contribution in [0, 0.1) is 13.8 Å². The Hall–Kier alpha value is -2.63. The van der Waals surface area contributed by atoms with Gasteiger partial charge in [-0.2, -0.15) is 5.10 Å². The first kappa shape index (κ1) is 14.8. The molecule has 1 heterocycles. The highest BCUT2D eigenvalue weighted by atomic mass is 16.5. The van der Waals surface area contributed by atoms with Crippen LogP contribution in [0.3, 0.4) is 0 Å². The van der Waals surface area contributed by atoms with Crippen molar-refractivity contribution in [1.29, 1.82) is 0 Å². The monoisotopic (exact) mass is 287 g/mol. The van der Waals surface area contributed by atoms with Crippen LogP contribution in [-0.2, 0) is 4.74 Å². The molecule has 0 atom stereocenters. The third-order valence-electron chi connectivity index (χ3n) is 2.96. The molecule has 6 heteroatoms. The number of rotatable bonds is 3. The van der Waals surface area contributed by atoms with E-state index in [0.717, 1.165) is 22.0 Å². The van der Waals surface area contributed by atoms with Gasteiger partial charge in [0.2, 0.25) is 0 Å². The Bertz CT molecular complexity index is 763. The molecule has 0 aliphatic carbocycles. The maximum absolute atomic E-state index is 12.0. The Morgan fingerprint density at radius 1 is 1.38 bits per heavy atom. The van der Waals surface area contributed by atoms with Gasteiger partial charge in [-0.25, -0.2) is 10.2 Å². The molecule has 1 aromatic carbocycles. The Balaban J connectivity index is 2.33. The topological polar surface area (TPSA) is 83.5 Å². The number of ether oxygens (including phenoxy) is 1. The third-order valence-corrected chi connectivity index (χ3v) is 2.96. The van der Waals surface area contributed by atoms with Crippen molar-refractivity contribution in [2.45, 2.75) is 20.8 Å². The quantitative estimate of drug-likeness (QED) is 0.670. The van der Waals surface area contributed by atoms with Crippen LogP contribution >= 0.6 is 0 Å². The van der Waals surface area contributed by atoms with Gasteiger partial charge in [-0.15, -0.1) is 0 Å². The van der Waals surface area contributed by atoms with Crippen molar-refractivity contribution < 1.29 is 9.53 Å². The molecule has 0 aliphatic rings. The third kappa shape index (κ3) is 3.47. The largest absolute Gasteiger partial charge is 0.449 e. The fourth-order valence-electron chi connectivity index (χ4n) is 2.12. The second-order valence-corrected chi connectivity index (χ2v) is 4.69. The predicted octanol–water partition coefficient (Wildman–Crippen LogP) is 2.22. The van der Waals surface area contributed by atoms with Gasteiger partial charge in [0.1, 0.15) is 0 Å². The Kier molecular flexibility index (Phi) is 4.37. The average molecular weight is 287 g/mol. The van der Waals surface area contributed by atoms with E-state index in [0.29, 0.717) is 5.56 Å². The van der Waals surface area contributed by atoms with E-state index >= 15 is 0 Å². The summed E-state index contributed by atoms with van der Waals surface area (Å²) in [5, 5.41) is 4.62. The minimum atomic E-state index is -0.655. The van der Waals surface area contributed by atoms with E-state index in [1.165, 1.54) is 6.21 Å². The minimum absolute atomic E-state index is 0.260. The van der Waals surface area contributed by atoms with Gasteiger partial charge in [0.05, 0.1) is 23.9 Å². The van der Waals surface area contributed by atoms with E-state index in [2.05, 4.69) is 20.2 Å². The second kappa shape index (κ2) is 6.21. The fourth-order valence-corrected chi connectivity index (χ4v) is 2.12. The average Bonchev–Trinajstić information content (AvgIpc) is 2.40. The minimum Gasteiger partial charge on any atom is -0.449 e. The highest BCUT2D eigenvalue weighted by molar-refractivity contribution is 5.89. The molecule has 0 saturated heterocycles. The Morgan fingerprint density at radius 2 is 2.14 bits per heavy atom. The fraction of sp³-hybridized carbons (Fsp3) is 0.267. The van der Waals surface area contributed by atoms with E-state index in [4.69, 9.17) is 0 Å². The van der Waals surface area contributed by atoms with Gasteiger partial charge in [-0.3, -0.25) is 4.79 Å². The van der Waals surface area contributed by atoms with Crippen molar-refractivity contribution in [2.75, 3.05) is 6.61 Å². The Labute approximate surface area is 121 Å². The number of benzene rings is 1. The highest BCUT2D eigenvalue weighted by Crippen LogP contribution is 2.17. The smallest absolute Gasteiger partial charge is 0.427 e. The molecule has 0 spiro atoms. The summed E-state index contributed by atoms with van der Waals surface area (Å²) >= 11 is 0. The van der Waals surface area contributed by atoms with Gasteiger partial charge in [0, 0.05) is 0 Å². The number of aryl methyl sites for hydroxylation is 2. The van der Waals surface area contributed by atoms with Gasteiger partial charge in [-0.05, 0) is 43.9 Å². The number of aromatic amines is 1. The molecule has 0 fully saturated rings. The highest BCUT2D eigenvalue weighted by Gasteiger charge is 2.04. The summed E-state index contributed by atoms with van der Waals surface area (Å²) in [7, 11) is 0. The molecule has 2 aromatic rings. The summed E-state index contributed by atoms with van der Waals surface area (Å²) in [6, 6.07) is 5.73. The number of aromatic nitrogens is 1.